The number of nitrogens with one attached hydrogen (secondary N) is 2. The van der Waals surface area contributed by atoms with E-state index < -0.39 is 5.92 Å². The minimum absolute atomic E-state index is 0.000638. The van der Waals surface area contributed by atoms with Crippen LogP contribution in [0.25, 0.3) is 0 Å². The highest BCUT2D eigenvalue weighted by Crippen LogP contribution is 2.34. The lowest BCUT2D eigenvalue weighted by Gasteiger charge is -2.35. The second kappa shape index (κ2) is 7.84. The third kappa shape index (κ3) is 3.76. The van der Waals surface area contributed by atoms with Gasteiger partial charge in [0.25, 0.3) is 0 Å². The molecule has 0 aromatic heterocycles. The molecular formula is C22H23N3O3. The highest BCUT2D eigenvalue weighted by Gasteiger charge is 2.35. The van der Waals surface area contributed by atoms with Gasteiger partial charge in [0.15, 0.2) is 0 Å². The van der Waals surface area contributed by atoms with Crippen molar-refractivity contribution in [2.75, 3.05) is 23.7 Å². The van der Waals surface area contributed by atoms with Crippen molar-refractivity contribution in [3.05, 3.63) is 60.2 Å². The van der Waals surface area contributed by atoms with Crippen LogP contribution in [0.1, 0.15) is 30.7 Å². The maximum Gasteiger partial charge on any atom is 0.230 e. The quantitative estimate of drug-likeness (QED) is 0.863. The van der Waals surface area contributed by atoms with Crippen LogP contribution in [0.4, 0.5) is 11.4 Å². The maximum atomic E-state index is 13.1. The molecule has 2 aromatic rings. The van der Waals surface area contributed by atoms with E-state index >= 15 is 0 Å². The van der Waals surface area contributed by atoms with Gasteiger partial charge in [-0.25, -0.2) is 0 Å². The number of benzene rings is 2. The predicted octanol–water partition coefficient (Wildman–Crippen LogP) is 2.99. The second-order valence-electron chi connectivity index (χ2n) is 7.35. The first kappa shape index (κ1) is 18.2. The normalized spacial score (nSPS) is 19.5. The third-order valence-electron chi connectivity index (χ3n) is 5.52. The molecule has 28 heavy (non-hydrogen) atoms. The lowest BCUT2D eigenvalue weighted by Crippen LogP contribution is -2.44. The van der Waals surface area contributed by atoms with Gasteiger partial charge in [0.05, 0.1) is 5.92 Å². The number of fused-ring (bicyclic) bond motifs is 1. The van der Waals surface area contributed by atoms with Gasteiger partial charge in [-0.05, 0) is 36.6 Å². The van der Waals surface area contributed by atoms with Crippen molar-refractivity contribution >= 4 is 29.1 Å². The Morgan fingerprint density at radius 3 is 2.39 bits per heavy atom. The fraction of sp³-hybridized carbons (Fsp3) is 0.318. The fourth-order valence-electron chi connectivity index (χ4n) is 3.98. The first-order valence-corrected chi connectivity index (χ1v) is 9.65. The molecule has 4 rings (SSSR count). The van der Waals surface area contributed by atoms with Crippen LogP contribution in [-0.2, 0) is 14.4 Å². The third-order valence-corrected chi connectivity index (χ3v) is 5.52. The average Bonchev–Trinajstić information content (AvgIpc) is 2.73. The molecule has 3 amide bonds. The van der Waals surface area contributed by atoms with E-state index in [-0.39, 0.29) is 30.1 Å². The van der Waals surface area contributed by atoms with Gasteiger partial charge in [0.2, 0.25) is 17.7 Å². The summed E-state index contributed by atoms with van der Waals surface area (Å²) in [6.45, 7) is 1.07. The Kier molecular flexibility index (Phi) is 5.10. The SMILES string of the molecule is O=C1CC(C(=O)N2CCC(C(=O)Nc3ccccc3)CC2)c2ccccc2N1. The lowest BCUT2D eigenvalue weighted by atomic mass is 9.88. The minimum atomic E-state index is -0.445. The number of likely N-dealkylation sites (tertiary alicyclic amines) is 1. The van der Waals surface area contributed by atoms with Gasteiger partial charge < -0.3 is 15.5 Å². The van der Waals surface area contributed by atoms with Gasteiger partial charge >= 0.3 is 0 Å². The average molecular weight is 377 g/mol. The molecule has 1 unspecified atom stereocenters. The van der Waals surface area contributed by atoms with Crippen molar-refractivity contribution in [1.82, 2.24) is 4.90 Å². The number of hydrogen-bond acceptors (Lipinski definition) is 3. The molecule has 0 bridgehead atoms. The topological polar surface area (TPSA) is 78.5 Å². The first-order chi connectivity index (χ1) is 13.6. The summed E-state index contributed by atoms with van der Waals surface area (Å²) in [4.78, 5) is 39.4. The summed E-state index contributed by atoms with van der Waals surface area (Å²) in [6.07, 6.45) is 1.43. The van der Waals surface area contributed by atoms with Crippen LogP contribution in [0.5, 0.6) is 0 Å². The molecule has 6 heteroatoms. The van der Waals surface area contributed by atoms with Crippen LogP contribution in [-0.4, -0.2) is 35.7 Å². The summed E-state index contributed by atoms with van der Waals surface area (Å²) in [7, 11) is 0. The molecule has 2 aliphatic heterocycles. The molecule has 2 heterocycles. The summed E-state index contributed by atoms with van der Waals surface area (Å²) in [5.41, 5.74) is 2.38. The summed E-state index contributed by atoms with van der Waals surface area (Å²) in [6, 6.07) is 16.9. The van der Waals surface area contributed by atoms with Crippen LogP contribution in [0.2, 0.25) is 0 Å². The number of amides is 3. The Labute approximate surface area is 163 Å². The van der Waals surface area contributed by atoms with Crippen molar-refractivity contribution in [3.8, 4) is 0 Å². The Morgan fingerprint density at radius 1 is 0.964 bits per heavy atom. The first-order valence-electron chi connectivity index (χ1n) is 9.65. The summed E-state index contributed by atoms with van der Waals surface area (Å²) < 4.78 is 0. The van der Waals surface area contributed by atoms with E-state index in [2.05, 4.69) is 10.6 Å². The van der Waals surface area contributed by atoms with Crippen LogP contribution in [0, 0.1) is 5.92 Å². The Balaban J connectivity index is 1.38. The monoisotopic (exact) mass is 377 g/mol. The molecule has 2 aromatic carbocycles. The molecule has 1 atom stereocenters. The zero-order valence-corrected chi connectivity index (χ0v) is 15.6. The Hall–Kier alpha value is -3.15. The van der Waals surface area contributed by atoms with Crippen LogP contribution in [0.15, 0.2) is 54.6 Å². The standard InChI is InChI=1S/C22H23N3O3/c26-20-14-18(17-8-4-5-9-19(17)24-20)22(28)25-12-10-15(11-13-25)21(27)23-16-6-2-1-3-7-16/h1-9,15,18H,10-14H2,(H,23,27)(H,24,26). The van der Waals surface area contributed by atoms with Gasteiger partial charge in [-0.15, -0.1) is 0 Å². The van der Waals surface area contributed by atoms with Crippen molar-refractivity contribution < 1.29 is 14.4 Å². The van der Waals surface area contributed by atoms with E-state index in [4.69, 9.17) is 0 Å². The number of carbonyl (C=O) groups is 3. The second-order valence-corrected chi connectivity index (χ2v) is 7.35. The van der Waals surface area contributed by atoms with E-state index in [0.29, 0.717) is 31.6 Å². The number of rotatable bonds is 3. The van der Waals surface area contributed by atoms with Gasteiger partial charge in [0.1, 0.15) is 0 Å². The van der Waals surface area contributed by atoms with Crippen molar-refractivity contribution in [3.63, 3.8) is 0 Å². The summed E-state index contributed by atoms with van der Waals surface area (Å²) >= 11 is 0. The van der Waals surface area contributed by atoms with Crippen LogP contribution >= 0.6 is 0 Å². The molecule has 144 valence electrons. The number of nitrogens with zero attached hydrogens (tertiary/aromatic N) is 1. The van der Waals surface area contributed by atoms with Crippen LogP contribution < -0.4 is 10.6 Å². The number of hydrogen-bond donors (Lipinski definition) is 2. The zero-order valence-electron chi connectivity index (χ0n) is 15.6. The highest BCUT2D eigenvalue weighted by atomic mass is 16.2. The molecule has 0 radical (unpaired) electrons. The van der Waals surface area contributed by atoms with E-state index in [1.165, 1.54) is 0 Å². The van der Waals surface area contributed by atoms with E-state index in [0.717, 1.165) is 11.3 Å². The molecule has 2 N–H and O–H groups in total. The molecule has 0 aliphatic carbocycles. The summed E-state index contributed by atoms with van der Waals surface area (Å²) in [5, 5.41) is 5.77. The van der Waals surface area contributed by atoms with E-state index in [1.807, 2.05) is 54.6 Å². The Morgan fingerprint density at radius 2 is 1.64 bits per heavy atom. The fourth-order valence-corrected chi connectivity index (χ4v) is 3.98. The summed E-state index contributed by atoms with van der Waals surface area (Å²) in [5.74, 6) is -0.704. The largest absolute Gasteiger partial charge is 0.342 e. The number of para-hydroxylation sites is 2. The highest BCUT2D eigenvalue weighted by molar-refractivity contribution is 6.01. The van der Waals surface area contributed by atoms with Crippen molar-refractivity contribution in [1.29, 1.82) is 0 Å². The molecule has 0 saturated carbocycles. The molecule has 1 saturated heterocycles. The van der Waals surface area contributed by atoms with Crippen molar-refractivity contribution in [2.24, 2.45) is 5.92 Å². The minimum Gasteiger partial charge on any atom is -0.342 e. The smallest absolute Gasteiger partial charge is 0.230 e. The van der Waals surface area contributed by atoms with Gasteiger partial charge in [-0.1, -0.05) is 36.4 Å². The molecule has 2 aliphatic rings. The zero-order chi connectivity index (χ0) is 19.5. The molecule has 0 spiro atoms. The molecule has 1 fully saturated rings. The van der Waals surface area contributed by atoms with E-state index in [1.54, 1.807) is 4.90 Å². The molecular weight excluding hydrogens is 354 g/mol. The van der Waals surface area contributed by atoms with Crippen LogP contribution in [0.3, 0.4) is 0 Å². The van der Waals surface area contributed by atoms with Crippen molar-refractivity contribution in [2.45, 2.75) is 25.2 Å². The Bertz CT molecular complexity index is 889. The van der Waals surface area contributed by atoms with Gasteiger partial charge in [-0.3, -0.25) is 14.4 Å². The predicted molar refractivity (Wildman–Crippen MR) is 107 cm³/mol. The molecule has 6 nitrogen and oxygen atoms in total. The lowest BCUT2D eigenvalue weighted by molar-refractivity contribution is -0.137. The number of anilines is 2. The number of piperidine rings is 1. The van der Waals surface area contributed by atoms with Gasteiger partial charge in [0, 0.05) is 36.8 Å². The maximum absolute atomic E-state index is 13.1. The number of carbonyl (C=O) groups excluding carboxylic acids is 3. The van der Waals surface area contributed by atoms with Gasteiger partial charge in [-0.2, -0.15) is 0 Å². The van der Waals surface area contributed by atoms with E-state index in [9.17, 15) is 14.4 Å².